The highest BCUT2D eigenvalue weighted by Crippen LogP contribution is 2.13. The average Bonchev–Trinajstić information content (AvgIpc) is 2.78. The molecule has 7 heteroatoms. The Hall–Kier alpha value is -2.44. The largest absolute Gasteiger partial charge is 0.397 e. The molecule has 0 saturated heterocycles. The first-order chi connectivity index (χ1) is 8.99. The summed E-state index contributed by atoms with van der Waals surface area (Å²) in [6.45, 7) is 3.61. The molecule has 2 rings (SSSR count). The number of nitrogens with zero attached hydrogens (tertiary/aromatic N) is 4. The van der Waals surface area contributed by atoms with Gasteiger partial charge in [0.05, 0.1) is 29.2 Å². The van der Waals surface area contributed by atoms with E-state index in [2.05, 4.69) is 20.5 Å². The molecule has 1 atom stereocenters. The van der Waals surface area contributed by atoms with Crippen LogP contribution in [0.25, 0.3) is 0 Å². The Bertz CT molecular complexity index is 606. The van der Waals surface area contributed by atoms with Gasteiger partial charge in [-0.25, -0.2) is 0 Å². The molecule has 0 bridgehead atoms. The lowest BCUT2D eigenvalue weighted by Gasteiger charge is -2.14. The predicted molar refractivity (Wildman–Crippen MR) is 70.3 cm³/mol. The average molecular weight is 260 g/mol. The van der Waals surface area contributed by atoms with Crippen LogP contribution in [0.1, 0.15) is 34.8 Å². The van der Waals surface area contributed by atoms with Gasteiger partial charge >= 0.3 is 0 Å². The molecule has 1 unspecified atom stereocenters. The number of amides is 1. The van der Waals surface area contributed by atoms with Gasteiger partial charge in [-0.15, -0.1) is 10.2 Å². The van der Waals surface area contributed by atoms with Crippen molar-refractivity contribution < 1.29 is 4.79 Å². The van der Waals surface area contributed by atoms with E-state index in [0.717, 1.165) is 0 Å². The quantitative estimate of drug-likeness (QED) is 0.841. The topological polar surface area (TPSA) is 98.7 Å². The van der Waals surface area contributed by atoms with Crippen LogP contribution in [0.5, 0.6) is 0 Å². The molecule has 3 N–H and O–H groups in total. The molecule has 7 nitrogen and oxygen atoms in total. The maximum Gasteiger partial charge on any atom is 0.253 e. The van der Waals surface area contributed by atoms with E-state index >= 15 is 0 Å². The molecule has 0 spiro atoms. The maximum atomic E-state index is 12.2. The van der Waals surface area contributed by atoms with E-state index in [1.54, 1.807) is 23.9 Å². The number of carbonyl (C=O) groups is 1. The molecular formula is C12H16N6O. The summed E-state index contributed by atoms with van der Waals surface area (Å²) in [4.78, 5) is 16.2. The lowest BCUT2D eigenvalue weighted by Crippen LogP contribution is -2.29. The summed E-state index contributed by atoms with van der Waals surface area (Å²) < 4.78 is 1.76. The van der Waals surface area contributed by atoms with E-state index in [1.165, 1.54) is 6.20 Å². The summed E-state index contributed by atoms with van der Waals surface area (Å²) >= 11 is 0. The molecule has 0 radical (unpaired) electrons. The summed E-state index contributed by atoms with van der Waals surface area (Å²) in [5, 5.41) is 10.6. The third-order valence-electron chi connectivity index (χ3n) is 2.83. The van der Waals surface area contributed by atoms with Crippen molar-refractivity contribution in [2.45, 2.75) is 19.9 Å². The fraction of sp³-hybridized carbons (Fsp3) is 0.333. The number of pyridine rings is 1. The van der Waals surface area contributed by atoms with Gasteiger partial charge in [-0.2, -0.15) is 0 Å². The molecular weight excluding hydrogens is 244 g/mol. The first-order valence-electron chi connectivity index (χ1n) is 5.86. The Morgan fingerprint density at radius 2 is 2.26 bits per heavy atom. The Labute approximate surface area is 110 Å². The zero-order valence-electron chi connectivity index (χ0n) is 11.1. The predicted octanol–water partition coefficient (Wildman–Crippen LogP) is 0.592. The second-order valence-corrected chi connectivity index (χ2v) is 4.40. The minimum absolute atomic E-state index is 0.229. The van der Waals surface area contributed by atoms with E-state index < -0.39 is 0 Å². The second-order valence-electron chi connectivity index (χ2n) is 4.40. The summed E-state index contributed by atoms with van der Waals surface area (Å²) in [6, 6.07) is 1.36. The van der Waals surface area contributed by atoms with Crippen LogP contribution in [0, 0.1) is 6.92 Å². The van der Waals surface area contributed by atoms with E-state index in [-0.39, 0.29) is 11.9 Å². The SMILES string of the molecule is Cc1ncc(N)cc1C(=O)NC(C)c1nncn1C. The number of carbonyl (C=O) groups excluding carboxylic acids is 1. The van der Waals surface area contributed by atoms with Gasteiger partial charge in [0.2, 0.25) is 0 Å². The number of aryl methyl sites for hydroxylation is 2. The van der Waals surface area contributed by atoms with Crippen LogP contribution in [-0.4, -0.2) is 25.7 Å². The lowest BCUT2D eigenvalue weighted by atomic mass is 10.1. The first-order valence-corrected chi connectivity index (χ1v) is 5.86. The molecule has 0 aromatic carbocycles. The molecule has 0 aliphatic heterocycles. The number of nitrogens with one attached hydrogen (secondary N) is 1. The van der Waals surface area contributed by atoms with Crippen LogP contribution >= 0.6 is 0 Å². The summed E-state index contributed by atoms with van der Waals surface area (Å²) in [6.07, 6.45) is 3.11. The summed E-state index contributed by atoms with van der Waals surface area (Å²) in [7, 11) is 1.82. The fourth-order valence-corrected chi connectivity index (χ4v) is 1.80. The van der Waals surface area contributed by atoms with Crippen LogP contribution < -0.4 is 11.1 Å². The fourth-order valence-electron chi connectivity index (χ4n) is 1.80. The Kier molecular flexibility index (Phi) is 3.46. The van der Waals surface area contributed by atoms with Crippen molar-refractivity contribution in [2.75, 3.05) is 5.73 Å². The van der Waals surface area contributed by atoms with Gasteiger partial charge in [0.25, 0.3) is 5.91 Å². The molecule has 0 saturated carbocycles. The van der Waals surface area contributed by atoms with Gasteiger partial charge in [-0.3, -0.25) is 9.78 Å². The molecule has 2 aromatic heterocycles. The normalized spacial score (nSPS) is 12.2. The number of nitrogen functional groups attached to an aromatic ring is 1. The monoisotopic (exact) mass is 260 g/mol. The third-order valence-corrected chi connectivity index (χ3v) is 2.83. The van der Waals surface area contributed by atoms with Crippen molar-refractivity contribution in [3.63, 3.8) is 0 Å². The number of aromatic nitrogens is 4. The number of anilines is 1. The van der Waals surface area contributed by atoms with Gasteiger partial charge in [0, 0.05) is 7.05 Å². The first kappa shape index (κ1) is 13.0. The zero-order chi connectivity index (χ0) is 14.0. The molecule has 19 heavy (non-hydrogen) atoms. The van der Waals surface area contributed by atoms with Gasteiger partial charge in [0.15, 0.2) is 5.82 Å². The molecule has 2 aromatic rings. The highest BCUT2D eigenvalue weighted by atomic mass is 16.1. The van der Waals surface area contributed by atoms with Crippen molar-refractivity contribution in [1.29, 1.82) is 0 Å². The van der Waals surface area contributed by atoms with E-state index in [0.29, 0.717) is 22.8 Å². The van der Waals surface area contributed by atoms with Crippen LogP contribution in [0.4, 0.5) is 5.69 Å². The Morgan fingerprint density at radius 3 is 2.89 bits per heavy atom. The Morgan fingerprint density at radius 1 is 1.53 bits per heavy atom. The van der Waals surface area contributed by atoms with Gasteiger partial charge in [0.1, 0.15) is 6.33 Å². The number of nitrogens with two attached hydrogens (primary N) is 1. The van der Waals surface area contributed by atoms with Crippen molar-refractivity contribution in [2.24, 2.45) is 7.05 Å². The molecule has 1 amide bonds. The second kappa shape index (κ2) is 5.05. The number of rotatable bonds is 3. The highest BCUT2D eigenvalue weighted by Gasteiger charge is 2.17. The lowest BCUT2D eigenvalue weighted by molar-refractivity contribution is 0.0937. The van der Waals surface area contributed by atoms with Crippen molar-refractivity contribution in [1.82, 2.24) is 25.1 Å². The molecule has 0 fully saturated rings. The summed E-state index contributed by atoms with van der Waals surface area (Å²) in [5.41, 5.74) is 7.21. The molecule has 2 heterocycles. The van der Waals surface area contributed by atoms with Gasteiger partial charge in [-0.05, 0) is 19.9 Å². The van der Waals surface area contributed by atoms with Crippen molar-refractivity contribution in [3.8, 4) is 0 Å². The molecule has 100 valence electrons. The van der Waals surface area contributed by atoms with E-state index in [9.17, 15) is 4.79 Å². The van der Waals surface area contributed by atoms with Crippen LogP contribution in [0.3, 0.4) is 0 Å². The molecule has 0 aliphatic carbocycles. The van der Waals surface area contributed by atoms with Crippen LogP contribution in [0.15, 0.2) is 18.6 Å². The smallest absolute Gasteiger partial charge is 0.253 e. The third kappa shape index (κ3) is 2.70. The van der Waals surface area contributed by atoms with Crippen molar-refractivity contribution in [3.05, 3.63) is 35.7 Å². The van der Waals surface area contributed by atoms with Gasteiger partial charge < -0.3 is 15.6 Å². The standard InChI is InChI=1S/C12H16N6O/c1-7-10(4-9(13)5-14-7)12(19)16-8(2)11-17-15-6-18(11)3/h4-6,8H,13H2,1-3H3,(H,16,19). The number of hydrogen-bond donors (Lipinski definition) is 2. The van der Waals surface area contributed by atoms with E-state index in [1.807, 2.05) is 14.0 Å². The summed E-state index contributed by atoms with van der Waals surface area (Å²) in [5.74, 6) is 0.454. The van der Waals surface area contributed by atoms with Crippen LogP contribution in [-0.2, 0) is 7.05 Å². The van der Waals surface area contributed by atoms with Crippen molar-refractivity contribution >= 4 is 11.6 Å². The zero-order valence-corrected chi connectivity index (χ0v) is 11.1. The van der Waals surface area contributed by atoms with Gasteiger partial charge in [-0.1, -0.05) is 0 Å². The minimum atomic E-state index is -0.249. The molecule has 0 aliphatic rings. The van der Waals surface area contributed by atoms with Crippen LogP contribution in [0.2, 0.25) is 0 Å². The number of hydrogen-bond acceptors (Lipinski definition) is 5. The maximum absolute atomic E-state index is 12.2. The highest BCUT2D eigenvalue weighted by molar-refractivity contribution is 5.96. The Balaban J connectivity index is 2.17. The minimum Gasteiger partial charge on any atom is -0.397 e. The van der Waals surface area contributed by atoms with E-state index in [4.69, 9.17) is 5.73 Å².